The highest BCUT2D eigenvalue weighted by Gasteiger charge is 1.97. The van der Waals surface area contributed by atoms with Crippen molar-refractivity contribution in [1.82, 2.24) is 5.32 Å². The van der Waals surface area contributed by atoms with Gasteiger partial charge in [0, 0.05) is 11.8 Å². The van der Waals surface area contributed by atoms with Crippen molar-refractivity contribution in [2.45, 2.75) is 26.3 Å². The molecule has 0 bridgehead atoms. The van der Waals surface area contributed by atoms with Crippen LogP contribution in [-0.4, -0.2) is 35.8 Å². The van der Waals surface area contributed by atoms with Gasteiger partial charge in [-0.05, 0) is 25.6 Å². The molecule has 0 fully saturated rings. The molecule has 1 unspecified atom stereocenters. The summed E-state index contributed by atoms with van der Waals surface area (Å²) < 4.78 is 0. The Hall–Kier alpha value is 0.270. The van der Waals surface area contributed by atoms with Crippen molar-refractivity contribution in [3.63, 3.8) is 0 Å². The van der Waals surface area contributed by atoms with Crippen LogP contribution in [0.2, 0.25) is 0 Å². The van der Waals surface area contributed by atoms with E-state index in [-0.39, 0.29) is 0 Å². The molecule has 3 heteroatoms. The Kier molecular flexibility index (Phi) is 8.57. The standard InChI is InChI=1S/C8H19NOS/c1-3-9-8(2)4-6-11-7-5-10/h8-10H,3-7H2,1-2H3. The van der Waals surface area contributed by atoms with Crippen LogP contribution >= 0.6 is 11.8 Å². The molecular formula is C8H19NOS. The normalized spacial score (nSPS) is 13.4. The SMILES string of the molecule is CCNC(C)CCSCCO. The maximum absolute atomic E-state index is 8.50. The van der Waals surface area contributed by atoms with E-state index in [0.717, 1.165) is 18.1 Å². The molecule has 0 saturated heterocycles. The minimum absolute atomic E-state index is 0.306. The van der Waals surface area contributed by atoms with Gasteiger partial charge in [0.25, 0.3) is 0 Å². The van der Waals surface area contributed by atoms with Gasteiger partial charge in [-0.3, -0.25) is 0 Å². The second-order valence-electron chi connectivity index (χ2n) is 2.58. The fourth-order valence-electron chi connectivity index (χ4n) is 0.877. The first-order valence-electron chi connectivity index (χ1n) is 4.23. The largest absolute Gasteiger partial charge is 0.396 e. The van der Waals surface area contributed by atoms with Crippen molar-refractivity contribution >= 4 is 11.8 Å². The molecule has 0 aliphatic heterocycles. The first-order valence-corrected chi connectivity index (χ1v) is 5.38. The zero-order valence-corrected chi connectivity index (χ0v) is 8.28. The molecule has 2 nitrogen and oxygen atoms in total. The highest BCUT2D eigenvalue weighted by atomic mass is 32.2. The highest BCUT2D eigenvalue weighted by molar-refractivity contribution is 7.99. The lowest BCUT2D eigenvalue weighted by Crippen LogP contribution is -2.25. The number of hydrogen-bond donors (Lipinski definition) is 2. The Balaban J connectivity index is 2.97. The fraction of sp³-hybridized carbons (Fsp3) is 1.00. The summed E-state index contributed by atoms with van der Waals surface area (Å²) in [6, 6.07) is 0.617. The first kappa shape index (κ1) is 11.3. The van der Waals surface area contributed by atoms with Crippen LogP contribution in [0.15, 0.2) is 0 Å². The molecule has 0 aromatic heterocycles. The van der Waals surface area contributed by atoms with Gasteiger partial charge in [-0.25, -0.2) is 0 Å². The third kappa shape index (κ3) is 8.17. The number of thioether (sulfide) groups is 1. The molecule has 0 rings (SSSR count). The molecule has 0 heterocycles. The lowest BCUT2D eigenvalue weighted by atomic mass is 10.3. The number of hydrogen-bond acceptors (Lipinski definition) is 3. The second kappa shape index (κ2) is 8.37. The van der Waals surface area contributed by atoms with Crippen molar-refractivity contribution in [3.8, 4) is 0 Å². The van der Waals surface area contributed by atoms with Gasteiger partial charge in [0.15, 0.2) is 0 Å². The smallest absolute Gasteiger partial charge is 0.0521 e. The molecule has 68 valence electrons. The van der Waals surface area contributed by atoms with Crippen LogP contribution < -0.4 is 5.32 Å². The average molecular weight is 177 g/mol. The van der Waals surface area contributed by atoms with E-state index in [9.17, 15) is 0 Å². The first-order chi connectivity index (χ1) is 5.31. The van der Waals surface area contributed by atoms with Crippen molar-refractivity contribution < 1.29 is 5.11 Å². The van der Waals surface area contributed by atoms with Crippen LogP contribution in [0, 0.1) is 0 Å². The lowest BCUT2D eigenvalue weighted by Gasteiger charge is -2.10. The molecule has 0 aromatic rings. The number of rotatable bonds is 7. The van der Waals surface area contributed by atoms with Gasteiger partial charge in [0.05, 0.1) is 6.61 Å². The maximum atomic E-state index is 8.50. The Morgan fingerprint density at radius 2 is 2.18 bits per heavy atom. The molecule has 2 N–H and O–H groups in total. The van der Waals surface area contributed by atoms with E-state index in [1.54, 1.807) is 0 Å². The Labute approximate surface area is 73.8 Å². The van der Waals surface area contributed by atoms with Gasteiger partial charge in [0.1, 0.15) is 0 Å². The van der Waals surface area contributed by atoms with Crippen molar-refractivity contribution in [1.29, 1.82) is 0 Å². The van der Waals surface area contributed by atoms with E-state index in [4.69, 9.17) is 5.11 Å². The third-order valence-corrected chi connectivity index (χ3v) is 2.48. The predicted octanol–water partition coefficient (Wildman–Crippen LogP) is 1.10. The molecule has 0 spiro atoms. The molecule has 0 aromatic carbocycles. The molecule has 0 saturated carbocycles. The quantitative estimate of drug-likeness (QED) is 0.571. The zero-order valence-electron chi connectivity index (χ0n) is 7.47. The number of aliphatic hydroxyl groups is 1. The van der Waals surface area contributed by atoms with Crippen molar-refractivity contribution in [2.24, 2.45) is 0 Å². The minimum atomic E-state index is 0.306. The van der Waals surface area contributed by atoms with Crippen LogP contribution in [0.1, 0.15) is 20.3 Å². The van der Waals surface area contributed by atoms with Crippen molar-refractivity contribution in [3.05, 3.63) is 0 Å². The zero-order chi connectivity index (χ0) is 8.53. The fourth-order valence-corrected chi connectivity index (χ4v) is 1.73. The Morgan fingerprint density at radius 1 is 1.45 bits per heavy atom. The summed E-state index contributed by atoms with van der Waals surface area (Å²) in [6.07, 6.45) is 1.19. The average Bonchev–Trinajstić information content (AvgIpc) is 1.99. The van der Waals surface area contributed by atoms with Gasteiger partial charge in [0.2, 0.25) is 0 Å². The topological polar surface area (TPSA) is 32.3 Å². The predicted molar refractivity (Wildman–Crippen MR) is 52.2 cm³/mol. The monoisotopic (exact) mass is 177 g/mol. The van der Waals surface area contributed by atoms with Crippen molar-refractivity contribution in [2.75, 3.05) is 24.7 Å². The molecular weight excluding hydrogens is 158 g/mol. The van der Waals surface area contributed by atoms with E-state index >= 15 is 0 Å². The second-order valence-corrected chi connectivity index (χ2v) is 3.81. The summed E-state index contributed by atoms with van der Waals surface area (Å²) in [7, 11) is 0. The number of nitrogens with one attached hydrogen (secondary N) is 1. The van der Waals surface area contributed by atoms with Crippen LogP contribution in [0.5, 0.6) is 0 Å². The maximum Gasteiger partial charge on any atom is 0.0521 e. The van der Waals surface area contributed by atoms with Crippen LogP contribution in [0.3, 0.4) is 0 Å². The van der Waals surface area contributed by atoms with Crippen LogP contribution in [-0.2, 0) is 0 Å². The molecule has 1 atom stereocenters. The van der Waals surface area contributed by atoms with Gasteiger partial charge in [-0.2, -0.15) is 11.8 Å². The summed E-state index contributed by atoms with van der Waals surface area (Å²) in [4.78, 5) is 0. The van der Waals surface area contributed by atoms with Crippen LogP contribution in [0.25, 0.3) is 0 Å². The van der Waals surface area contributed by atoms with E-state index < -0.39 is 0 Å². The number of aliphatic hydroxyl groups excluding tert-OH is 1. The molecule has 0 aliphatic rings. The van der Waals surface area contributed by atoms with Gasteiger partial charge < -0.3 is 10.4 Å². The highest BCUT2D eigenvalue weighted by Crippen LogP contribution is 2.03. The molecule has 0 aliphatic carbocycles. The minimum Gasteiger partial charge on any atom is -0.396 e. The van der Waals surface area contributed by atoms with Gasteiger partial charge in [-0.15, -0.1) is 0 Å². The van der Waals surface area contributed by atoms with E-state index in [2.05, 4.69) is 19.2 Å². The summed E-state index contributed by atoms with van der Waals surface area (Å²) in [5.41, 5.74) is 0. The van der Waals surface area contributed by atoms with Gasteiger partial charge in [-0.1, -0.05) is 6.92 Å². The Bertz CT molecular complexity index is 80.5. The Morgan fingerprint density at radius 3 is 2.73 bits per heavy atom. The third-order valence-electron chi connectivity index (χ3n) is 1.48. The molecule has 11 heavy (non-hydrogen) atoms. The molecule has 0 radical (unpaired) electrons. The molecule has 0 amide bonds. The van der Waals surface area contributed by atoms with Crippen LogP contribution in [0.4, 0.5) is 0 Å². The lowest BCUT2D eigenvalue weighted by molar-refractivity contribution is 0.322. The van der Waals surface area contributed by atoms with Gasteiger partial charge >= 0.3 is 0 Å². The summed E-state index contributed by atoms with van der Waals surface area (Å²) in [5, 5.41) is 11.8. The van der Waals surface area contributed by atoms with E-state index in [1.807, 2.05) is 11.8 Å². The summed E-state index contributed by atoms with van der Waals surface area (Å²) >= 11 is 1.82. The van der Waals surface area contributed by atoms with E-state index in [1.165, 1.54) is 6.42 Å². The summed E-state index contributed by atoms with van der Waals surface area (Å²) in [6.45, 7) is 5.67. The van der Waals surface area contributed by atoms with E-state index in [0.29, 0.717) is 12.6 Å². The summed E-state index contributed by atoms with van der Waals surface area (Å²) in [5.74, 6) is 2.02.